The van der Waals surface area contributed by atoms with Crippen LogP contribution in [0, 0.1) is 5.82 Å². The summed E-state index contributed by atoms with van der Waals surface area (Å²) in [6.45, 7) is 0.986. The Hall–Kier alpha value is -2.07. The van der Waals surface area contributed by atoms with Gasteiger partial charge in [0.15, 0.2) is 11.6 Å². The zero-order valence-electron chi connectivity index (χ0n) is 13.1. The average Bonchev–Trinajstić information content (AvgIpc) is 2.53. The third kappa shape index (κ3) is 4.21. The second kappa shape index (κ2) is 7.80. The lowest BCUT2D eigenvalue weighted by atomic mass is 9.96. The molecule has 2 rings (SSSR count). The van der Waals surface area contributed by atoms with E-state index in [1.54, 1.807) is 18.2 Å². The monoisotopic (exact) mass is 302 g/mol. The second-order valence-electron chi connectivity index (χ2n) is 5.49. The molecule has 0 aromatic heterocycles. The quantitative estimate of drug-likeness (QED) is 0.852. The highest BCUT2D eigenvalue weighted by Gasteiger charge is 2.11. The third-order valence-corrected chi connectivity index (χ3v) is 3.73. The first kappa shape index (κ1) is 16.3. The normalized spacial score (nSPS) is 12.0. The van der Waals surface area contributed by atoms with Crippen molar-refractivity contribution in [3.63, 3.8) is 0 Å². The number of nitrogens with two attached hydrogens (primary N) is 1. The molecule has 2 N–H and O–H groups in total. The van der Waals surface area contributed by atoms with Crippen LogP contribution in [-0.2, 0) is 0 Å². The van der Waals surface area contributed by atoms with Gasteiger partial charge in [-0.05, 0) is 48.7 Å². The van der Waals surface area contributed by atoms with E-state index in [4.69, 9.17) is 10.5 Å². The lowest BCUT2D eigenvalue weighted by Crippen LogP contribution is -2.16. The Morgan fingerprint density at radius 3 is 2.36 bits per heavy atom. The van der Waals surface area contributed by atoms with E-state index in [2.05, 4.69) is 29.2 Å². The predicted octanol–water partition coefficient (Wildman–Crippen LogP) is 3.40. The Morgan fingerprint density at radius 1 is 1.09 bits per heavy atom. The Kier molecular flexibility index (Phi) is 5.78. The van der Waals surface area contributed by atoms with Gasteiger partial charge in [0.25, 0.3) is 0 Å². The van der Waals surface area contributed by atoms with Crippen LogP contribution in [0.5, 0.6) is 5.75 Å². The first-order valence-electron chi connectivity index (χ1n) is 7.46. The molecule has 0 aliphatic heterocycles. The van der Waals surface area contributed by atoms with E-state index in [-0.39, 0.29) is 11.7 Å². The van der Waals surface area contributed by atoms with E-state index in [9.17, 15) is 4.39 Å². The lowest BCUT2D eigenvalue weighted by molar-refractivity contribution is 0.284. The summed E-state index contributed by atoms with van der Waals surface area (Å²) in [7, 11) is 4.02. The maximum absolute atomic E-state index is 13.5. The lowest BCUT2D eigenvalue weighted by Gasteiger charge is -2.18. The molecule has 0 amide bonds. The molecule has 0 fully saturated rings. The summed E-state index contributed by atoms with van der Waals surface area (Å²) in [5.74, 6) is 0.173. The Balaban J connectivity index is 1.93. The number of rotatable bonds is 7. The molecule has 0 bridgehead atoms. The summed E-state index contributed by atoms with van der Waals surface area (Å²) in [6.07, 6.45) is 0.756. The van der Waals surface area contributed by atoms with E-state index >= 15 is 0 Å². The summed E-state index contributed by atoms with van der Waals surface area (Å²) < 4.78 is 19.0. The van der Waals surface area contributed by atoms with Crippen LogP contribution >= 0.6 is 0 Å². The fraction of sp³-hybridized carbons (Fsp3) is 0.333. The molecule has 0 saturated heterocycles. The number of halogens is 1. The van der Waals surface area contributed by atoms with Crippen molar-refractivity contribution >= 4 is 5.69 Å². The van der Waals surface area contributed by atoms with E-state index < -0.39 is 0 Å². The van der Waals surface area contributed by atoms with Gasteiger partial charge in [-0.15, -0.1) is 0 Å². The molecule has 0 spiro atoms. The first-order valence-corrected chi connectivity index (χ1v) is 7.46. The van der Waals surface area contributed by atoms with Crippen LogP contribution < -0.4 is 15.4 Å². The molecule has 2 aromatic rings. The highest BCUT2D eigenvalue weighted by molar-refractivity contribution is 5.46. The van der Waals surface area contributed by atoms with E-state index in [0.29, 0.717) is 18.9 Å². The summed E-state index contributed by atoms with van der Waals surface area (Å²) >= 11 is 0. The van der Waals surface area contributed by atoms with Crippen molar-refractivity contribution in [2.45, 2.75) is 12.3 Å². The number of benzene rings is 2. The molecule has 1 atom stereocenters. The van der Waals surface area contributed by atoms with Crippen molar-refractivity contribution in [3.05, 3.63) is 59.9 Å². The number of hydrogen-bond acceptors (Lipinski definition) is 3. The van der Waals surface area contributed by atoms with Crippen molar-refractivity contribution in [3.8, 4) is 5.75 Å². The van der Waals surface area contributed by atoms with Crippen LogP contribution in [0.4, 0.5) is 10.1 Å². The fourth-order valence-corrected chi connectivity index (χ4v) is 2.34. The van der Waals surface area contributed by atoms with Gasteiger partial charge in [0, 0.05) is 19.8 Å². The van der Waals surface area contributed by atoms with Crippen molar-refractivity contribution in [1.29, 1.82) is 0 Å². The summed E-state index contributed by atoms with van der Waals surface area (Å²) in [4.78, 5) is 2.06. The van der Waals surface area contributed by atoms with Crippen LogP contribution in [0.1, 0.15) is 17.9 Å². The van der Waals surface area contributed by atoms with Gasteiger partial charge in [0.1, 0.15) is 0 Å². The smallest absolute Gasteiger partial charge is 0.165 e. The molecule has 3 nitrogen and oxygen atoms in total. The molecule has 22 heavy (non-hydrogen) atoms. The molecule has 0 heterocycles. The van der Waals surface area contributed by atoms with Crippen LogP contribution in [-0.4, -0.2) is 27.2 Å². The number of ether oxygens (including phenoxy) is 1. The van der Waals surface area contributed by atoms with Gasteiger partial charge >= 0.3 is 0 Å². The highest BCUT2D eigenvalue weighted by Crippen LogP contribution is 2.23. The van der Waals surface area contributed by atoms with Crippen molar-refractivity contribution in [1.82, 2.24) is 0 Å². The van der Waals surface area contributed by atoms with E-state index in [1.165, 1.54) is 11.6 Å². The Morgan fingerprint density at radius 2 is 1.77 bits per heavy atom. The topological polar surface area (TPSA) is 38.5 Å². The van der Waals surface area contributed by atoms with Crippen LogP contribution in [0.25, 0.3) is 0 Å². The van der Waals surface area contributed by atoms with Gasteiger partial charge in [-0.1, -0.05) is 24.3 Å². The van der Waals surface area contributed by atoms with Gasteiger partial charge in [-0.3, -0.25) is 0 Å². The molecular formula is C18H23FN2O. The van der Waals surface area contributed by atoms with Gasteiger partial charge in [-0.2, -0.15) is 0 Å². The molecule has 0 saturated carbocycles. The fourth-order valence-electron chi connectivity index (χ4n) is 2.34. The van der Waals surface area contributed by atoms with Gasteiger partial charge in [0.2, 0.25) is 0 Å². The summed E-state index contributed by atoms with van der Waals surface area (Å²) in [5.41, 5.74) is 8.21. The zero-order chi connectivity index (χ0) is 15.9. The SMILES string of the molecule is CN(C)c1ccc(C(CN)CCOc2ccccc2F)cc1. The summed E-state index contributed by atoms with van der Waals surface area (Å²) in [5, 5.41) is 0. The molecule has 0 radical (unpaired) electrons. The van der Waals surface area contributed by atoms with Gasteiger partial charge < -0.3 is 15.4 Å². The van der Waals surface area contributed by atoms with E-state index in [1.807, 2.05) is 14.1 Å². The molecule has 0 aliphatic rings. The van der Waals surface area contributed by atoms with Crippen molar-refractivity contribution < 1.29 is 9.13 Å². The summed E-state index contributed by atoms with van der Waals surface area (Å²) in [6, 6.07) is 14.8. The Bertz CT molecular complexity index is 584. The van der Waals surface area contributed by atoms with Crippen molar-refractivity contribution in [2.24, 2.45) is 5.73 Å². The van der Waals surface area contributed by atoms with Crippen LogP contribution in [0.2, 0.25) is 0 Å². The standard InChI is InChI=1S/C18H23FN2O/c1-21(2)16-9-7-14(8-10-16)15(13-20)11-12-22-18-6-4-3-5-17(18)19/h3-10,15H,11-13,20H2,1-2H3. The first-order chi connectivity index (χ1) is 10.6. The Labute approximate surface area is 131 Å². The third-order valence-electron chi connectivity index (χ3n) is 3.73. The molecule has 2 aromatic carbocycles. The molecule has 4 heteroatoms. The van der Waals surface area contributed by atoms with Crippen molar-refractivity contribution in [2.75, 3.05) is 32.1 Å². The minimum absolute atomic E-state index is 0.211. The van der Waals surface area contributed by atoms with E-state index in [0.717, 1.165) is 12.1 Å². The highest BCUT2D eigenvalue weighted by atomic mass is 19.1. The number of hydrogen-bond donors (Lipinski definition) is 1. The number of para-hydroxylation sites is 1. The molecule has 0 aliphatic carbocycles. The van der Waals surface area contributed by atoms with Crippen LogP contribution in [0.3, 0.4) is 0 Å². The average molecular weight is 302 g/mol. The maximum atomic E-state index is 13.5. The second-order valence-corrected chi connectivity index (χ2v) is 5.49. The largest absolute Gasteiger partial charge is 0.490 e. The number of anilines is 1. The maximum Gasteiger partial charge on any atom is 0.165 e. The minimum Gasteiger partial charge on any atom is -0.490 e. The minimum atomic E-state index is -0.331. The molecule has 1 unspecified atom stereocenters. The predicted molar refractivity (Wildman–Crippen MR) is 89.1 cm³/mol. The molecular weight excluding hydrogens is 279 g/mol. The van der Waals surface area contributed by atoms with Crippen LogP contribution in [0.15, 0.2) is 48.5 Å². The van der Waals surface area contributed by atoms with Gasteiger partial charge in [-0.25, -0.2) is 4.39 Å². The molecule has 118 valence electrons. The van der Waals surface area contributed by atoms with Gasteiger partial charge in [0.05, 0.1) is 6.61 Å². The zero-order valence-corrected chi connectivity index (χ0v) is 13.1. The number of nitrogens with zero attached hydrogens (tertiary/aromatic N) is 1.